The van der Waals surface area contributed by atoms with E-state index in [4.69, 9.17) is 42.3 Å². The van der Waals surface area contributed by atoms with E-state index in [1.165, 1.54) is 12.0 Å². The second-order valence-corrected chi connectivity index (χ2v) is 30.2. The van der Waals surface area contributed by atoms with Gasteiger partial charge in [0.15, 0.2) is 19.9 Å². The lowest BCUT2D eigenvalue weighted by Gasteiger charge is -2.43. The van der Waals surface area contributed by atoms with Crippen molar-refractivity contribution in [2.24, 2.45) is 40.9 Å². The molecule has 0 radical (unpaired) electrons. The molecule has 5 rings (SSSR count). The molecule has 2 bridgehead atoms. The highest BCUT2D eigenvalue weighted by Gasteiger charge is 2.53. The van der Waals surface area contributed by atoms with Crippen LogP contribution < -0.4 is 0 Å². The third-order valence-electron chi connectivity index (χ3n) is 17.1. The predicted octanol–water partition coefficient (Wildman–Crippen LogP) is 9.38. The van der Waals surface area contributed by atoms with Crippen molar-refractivity contribution in [2.45, 2.75) is 226 Å². The van der Waals surface area contributed by atoms with Gasteiger partial charge < -0.3 is 52.3 Å². The topological polar surface area (TPSA) is 209 Å². The van der Waals surface area contributed by atoms with Crippen LogP contribution in [0.3, 0.4) is 0 Å². The molecule has 5 aliphatic rings. The number of allylic oxidation sites excluding steroid dienone is 6. The Hall–Kier alpha value is -3.72. The summed E-state index contributed by atoms with van der Waals surface area (Å²) < 4.78 is 55.0. The molecule has 17 nitrogen and oxygen atoms in total. The van der Waals surface area contributed by atoms with Crippen molar-refractivity contribution < 1.29 is 76.2 Å². The largest absolute Gasteiger partial charge is 0.460 e. The summed E-state index contributed by atoms with van der Waals surface area (Å²) >= 11 is 0. The number of rotatable bonds is 10. The number of ether oxygens (including phenoxy) is 8. The van der Waals surface area contributed by atoms with Crippen LogP contribution in [-0.2, 0) is 71.1 Å². The van der Waals surface area contributed by atoms with E-state index in [0.717, 1.165) is 5.57 Å². The maximum atomic E-state index is 14.8. The molecule has 18 heteroatoms. The lowest BCUT2D eigenvalue weighted by atomic mass is 9.78. The molecule has 0 aromatic carbocycles. The molecule has 1 N–H and O–H groups in total. The van der Waals surface area contributed by atoms with Crippen molar-refractivity contribution in [3.63, 3.8) is 0 Å². The number of amides is 1. The number of Topliss-reactive ketones (excluding diaryl/α,β-unsaturated/α-hetero) is 3. The molecular weight excluding hydrogens is 1040 g/mol. The molecule has 0 aromatic heterocycles. The van der Waals surface area contributed by atoms with Crippen LogP contribution in [0.1, 0.15) is 146 Å². The van der Waals surface area contributed by atoms with Crippen LogP contribution in [0.25, 0.3) is 0 Å². The Labute approximate surface area is 478 Å². The SMILES string of the molecule is CO[C@H]1C[C@@H]2CC[C@@H](C)[C@@](O)(O2)C(=O)C(=O)N2CCCC[C@H]2C(=O)O[C@H]([C@@H](C)C[C@@H]2CC[C@@H](OC(=O)C3(C)COC(C)(C)OC3)[C@H](O[13CH3])C2)CC(=O)[C@H](C)/C=C(\C)[C@H](O[Si](C)(C)C)[C@@H](OC)C(=O)[C@H](C)C[C@H](C)/C=C/C=C/C=C/1C. The lowest BCUT2D eigenvalue weighted by molar-refractivity contribution is -0.283. The molecule has 15 atom stereocenters. The maximum absolute atomic E-state index is 14.8. The highest BCUT2D eigenvalue weighted by atomic mass is 28.4. The van der Waals surface area contributed by atoms with Gasteiger partial charge in [0, 0.05) is 58.5 Å². The summed E-state index contributed by atoms with van der Waals surface area (Å²) in [6.45, 7) is 25.0. The number of hydrogen-bond acceptors (Lipinski definition) is 16. The number of fused-ring (bicyclic) bond motifs is 3. The minimum atomic E-state index is -2.45. The van der Waals surface area contributed by atoms with E-state index in [0.29, 0.717) is 69.8 Å². The van der Waals surface area contributed by atoms with E-state index in [1.807, 2.05) is 83.8 Å². The monoisotopic (exact) mass is 1140 g/mol. The number of esters is 2. The van der Waals surface area contributed by atoms with Crippen LogP contribution >= 0.6 is 0 Å². The van der Waals surface area contributed by atoms with E-state index in [1.54, 1.807) is 48.8 Å². The molecule has 80 heavy (non-hydrogen) atoms. The Balaban J connectivity index is 1.48. The van der Waals surface area contributed by atoms with Gasteiger partial charge in [-0.15, -0.1) is 0 Å². The zero-order chi connectivity index (χ0) is 59.5. The number of carbonyl (C=O) groups excluding carboxylic acids is 6. The van der Waals surface area contributed by atoms with Crippen LogP contribution in [0, 0.1) is 40.9 Å². The number of ketones is 3. The third-order valence-corrected chi connectivity index (χ3v) is 18.1. The summed E-state index contributed by atoms with van der Waals surface area (Å²) in [6, 6.07) is -1.17. The van der Waals surface area contributed by atoms with Crippen molar-refractivity contribution in [3.8, 4) is 0 Å². The van der Waals surface area contributed by atoms with Gasteiger partial charge in [0.25, 0.3) is 11.7 Å². The van der Waals surface area contributed by atoms with E-state index >= 15 is 0 Å². The molecule has 452 valence electrons. The fourth-order valence-corrected chi connectivity index (χ4v) is 13.0. The highest BCUT2D eigenvalue weighted by Crippen LogP contribution is 2.40. The summed E-state index contributed by atoms with van der Waals surface area (Å²) in [5.74, 6) is -9.08. The molecule has 1 aliphatic carbocycles. The third kappa shape index (κ3) is 17.9. The maximum Gasteiger partial charge on any atom is 0.329 e. The van der Waals surface area contributed by atoms with Gasteiger partial charge >= 0.3 is 11.9 Å². The molecule has 3 saturated heterocycles. The van der Waals surface area contributed by atoms with E-state index < -0.39 is 115 Å². The molecule has 4 fully saturated rings. The fraction of sp³-hybridized carbons (Fsp3) is 0.774. The van der Waals surface area contributed by atoms with Crippen molar-refractivity contribution in [3.05, 3.63) is 47.6 Å². The number of carbonyl (C=O) groups is 6. The normalized spacial score (nSPS) is 37.7. The van der Waals surface area contributed by atoms with Crippen molar-refractivity contribution in [1.82, 2.24) is 4.90 Å². The summed E-state index contributed by atoms with van der Waals surface area (Å²) in [5, 5.41) is 12.1. The first kappa shape index (κ1) is 67.1. The average Bonchev–Trinajstić information content (AvgIpc) is 3.40. The van der Waals surface area contributed by atoms with Gasteiger partial charge in [0.2, 0.25) is 5.79 Å². The molecule has 4 heterocycles. The Morgan fingerprint density at radius 3 is 2.14 bits per heavy atom. The Bertz CT molecular complexity index is 2260. The van der Waals surface area contributed by atoms with Crippen molar-refractivity contribution in [1.29, 1.82) is 0 Å². The van der Waals surface area contributed by atoms with Crippen LogP contribution in [0.15, 0.2) is 47.6 Å². The molecule has 0 spiro atoms. The summed E-state index contributed by atoms with van der Waals surface area (Å²) in [6.07, 6.45) is 12.0. The quantitative estimate of drug-likeness (QED) is 0.0710. The van der Waals surface area contributed by atoms with Gasteiger partial charge in [-0.3, -0.25) is 24.0 Å². The van der Waals surface area contributed by atoms with Gasteiger partial charge in [-0.1, -0.05) is 71.1 Å². The van der Waals surface area contributed by atoms with E-state index in [-0.39, 0.29) is 61.9 Å². The summed E-state index contributed by atoms with van der Waals surface area (Å²) in [5.41, 5.74) is 0.561. The van der Waals surface area contributed by atoms with E-state index in [9.17, 15) is 33.9 Å². The zero-order valence-electron chi connectivity index (χ0n) is 51.2. The average molecular weight is 1140 g/mol. The molecule has 1 amide bonds. The molecule has 4 aliphatic heterocycles. The first-order valence-corrected chi connectivity index (χ1v) is 32.8. The number of cyclic esters (lactones) is 1. The van der Waals surface area contributed by atoms with Crippen LogP contribution in [0.5, 0.6) is 0 Å². The number of aliphatic hydroxyl groups is 1. The smallest absolute Gasteiger partial charge is 0.329 e. The minimum absolute atomic E-state index is 0.0263. The zero-order valence-corrected chi connectivity index (χ0v) is 52.2. The van der Waals surface area contributed by atoms with Gasteiger partial charge in [0.1, 0.15) is 35.6 Å². The fourth-order valence-electron chi connectivity index (χ4n) is 11.9. The van der Waals surface area contributed by atoms with E-state index in [2.05, 4.69) is 6.92 Å². The van der Waals surface area contributed by atoms with Crippen LogP contribution in [-0.4, -0.2) is 155 Å². The summed E-state index contributed by atoms with van der Waals surface area (Å²) in [4.78, 5) is 87.6. The number of methoxy groups -OCH3 is 3. The lowest BCUT2D eigenvalue weighted by Crippen LogP contribution is -2.61. The number of hydrogen-bond donors (Lipinski definition) is 1. The first-order valence-electron chi connectivity index (χ1n) is 29.4. The van der Waals surface area contributed by atoms with Crippen molar-refractivity contribution >= 4 is 43.5 Å². The molecule has 0 aromatic rings. The molecule has 0 unspecified atom stereocenters. The first-order chi connectivity index (χ1) is 37.5. The molecular formula is C62H99NO16Si. The Morgan fingerprint density at radius 1 is 0.812 bits per heavy atom. The Morgan fingerprint density at radius 2 is 1.50 bits per heavy atom. The Kier molecular flexibility index (Phi) is 24.5. The molecule has 1 saturated carbocycles. The summed E-state index contributed by atoms with van der Waals surface area (Å²) in [7, 11) is 2.36. The van der Waals surface area contributed by atoms with Crippen LogP contribution in [0.2, 0.25) is 19.6 Å². The highest BCUT2D eigenvalue weighted by molar-refractivity contribution is 6.69. The van der Waals surface area contributed by atoms with Gasteiger partial charge in [-0.2, -0.15) is 0 Å². The van der Waals surface area contributed by atoms with Gasteiger partial charge in [0.05, 0.1) is 37.6 Å². The predicted molar refractivity (Wildman–Crippen MR) is 305 cm³/mol. The number of piperidine rings is 1. The van der Waals surface area contributed by atoms with Gasteiger partial charge in [-0.25, -0.2) is 4.79 Å². The number of nitrogens with zero attached hydrogens (tertiary/aromatic N) is 1. The standard InChI is InChI=1S/C62H99NO16Si/c1-38-22-18-17-19-23-39(2)50(71-11)34-46-27-25-44(7)62(70,78-46)56(66)57(67)63-29-21-20-24-47(63)58(68)76-51(35-48(64)40(3)31-43(6)54(79-80(14,15)16)55(73-13)53(65)42(5)30-38)41(4)32-45-26-28-49(52(33-45)72-12)77-59(69)61(10)36-74-60(8,9)75-37-61/h17-19,22-23,31,38,40-42,44-47,49-52,54-55,70H,20-21,24-30,32-37H2,1-16H3/b19-17+,22-18+,39-23+,43-31+/t38-,40-,41+,42-,44-,45+,46+,47+,49-,50+,51+,52-,54+,55+,62-/m1/s1/i12+1. The minimum Gasteiger partial charge on any atom is -0.460 e. The second kappa shape index (κ2) is 29.2. The van der Waals surface area contributed by atoms with Gasteiger partial charge in [-0.05, 0) is 147 Å². The second-order valence-electron chi connectivity index (χ2n) is 25.7. The van der Waals surface area contributed by atoms with Crippen molar-refractivity contribution in [2.75, 3.05) is 41.1 Å². The van der Waals surface area contributed by atoms with Crippen LogP contribution in [0.4, 0.5) is 0 Å².